The van der Waals surface area contributed by atoms with Gasteiger partial charge in [-0.3, -0.25) is 18.6 Å². The van der Waals surface area contributed by atoms with Crippen LogP contribution in [0.2, 0.25) is 0 Å². The summed E-state index contributed by atoms with van der Waals surface area (Å²) < 4.78 is 32.1. The molecule has 0 amide bonds. The first-order valence-electron chi connectivity index (χ1n) is 14.6. The van der Waals surface area contributed by atoms with Gasteiger partial charge in [-0.2, -0.15) is 0 Å². The molecule has 0 aliphatic carbocycles. The number of carbonyl (C=O) groups excluding carboxylic acids is 2. The Balaban J connectivity index is 4.36. The van der Waals surface area contributed by atoms with E-state index in [4.69, 9.17) is 24.3 Å². The number of ether oxygens (including phenoxy) is 2. The molecule has 2 atom stereocenters. The fourth-order valence-corrected chi connectivity index (χ4v) is 4.09. The van der Waals surface area contributed by atoms with Crippen molar-refractivity contribution >= 4 is 19.8 Å². The zero-order valence-electron chi connectivity index (χ0n) is 24.5. The third kappa shape index (κ3) is 26.2. The number of rotatable bonds is 26. The van der Waals surface area contributed by atoms with E-state index in [9.17, 15) is 19.0 Å². The number of phosphoric acid groups is 1. The molecule has 0 rings (SSSR count). The third-order valence-corrected chi connectivity index (χ3v) is 6.46. The topological polar surface area (TPSA) is 134 Å². The van der Waals surface area contributed by atoms with Gasteiger partial charge < -0.3 is 20.1 Å². The number of carbonyl (C=O) groups is 2. The molecule has 0 aromatic heterocycles. The van der Waals surface area contributed by atoms with Crippen LogP contribution in [-0.4, -0.2) is 49.3 Å². The maximum absolute atomic E-state index is 12.3. The summed E-state index contributed by atoms with van der Waals surface area (Å²) in [6.45, 7) is 3.37. The second-order valence-electron chi connectivity index (χ2n) is 9.24. The molecule has 0 saturated carbocycles. The van der Waals surface area contributed by atoms with E-state index in [1.54, 1.807) is 0 Å². The first-order chi connectivity index (χ1) is 19.3. The maximum Gasteiger partial charge on any atom is 0.472 e. The van der Waals surface area contributed by atoms with Crippen molar-refractivity contribution < 1.29 is 37.6 Å². The van der Waals surface area contributed by atoms with Gasteiger partial charge in [0, 0.05) is 19.4 Å². The lowest BCUT2D eigenvalue weighted by atomic mass is 10.1. The van der Waals surface area contributed by atoms with Crippen LogP contribution in [-0.2, 0) is 32.7 Å². The Morgan fingerprint density at radius 1 is 0.775 bits per heavy atom. The lowest BCUT2D eigenvalue weighted by molar-refractivity contribution is -0.161. The number of nitrogens with two attached hydrogens (primary N) is 1. The molecule has 0 saturated heterocycles. The zero-order chi connectivity index (χ0) is 29.7. The van der Waals surface area contributed by atoms with Gasteiger partial charge in [0.15, 0.2) is 6.10 Å². The molecule has 10 heteroatoms. The Morgan fingerprint density at radius 3 is 2.00 bits per heavy atom. The van der Waals surface area contributed by atoms with E-state index in [1.807, 2.05) is 0 Å². The van der Waals surface area contributed by atoms with Crippen LogP contribution in [0.4, 0.5) is 0 Å². The standard InChI is InChI=1S/C30H52NO8P/c1-3-5-7-9-10-11-12-13-14-15-16-17-18-19-21-23-30(33)39-28(27-38-40(34,35)37-25-24-31)26-36-29(32)22-20-8-6-4-2/h5,7,10-11,13-14,16-17,28H,3-4,6,8-9,12,15,18-27,31H2,1-2H3,(H,34,35)/b7-5-,11-10-,14-13-,17-16-. The second-order valence-corrected chi connectivity index (χ2v) is 10.7. The minimum Gasteiger partial charge on any atom is -0.462 e. The molecule has 0 bridgehead atoms. The highest BCUT2D eigenvalue weighted by atomic mass is 31.2. The summed E-state index contributed by atoms with van der Waals surface area (Å²) in [5, 5.41) is 0. The van der Waals surface area contributed by atoms with Gasteiger partial charge in [-0.1, -0.05) is 81.7 Å². The highest BCUT2D eigenvalue weighted by Gasteiger charge is 2.25. The van der Waals surface area contributed by atoms with Gasteiger partial charge in [0.05, 0.1) is 13.2 Å². The predicted octanol–water partition coefficient (Wildman–Crippen LogP) is 6.87. The molecule has 0 aromatic rings. The molecular weight excluding hydrogens is 533 g/mol. The Kier molecular flexibility index (Phi) is 25.8. The fourth-order valence-electron chi connectivity index (χ4n) is 3.33. The molecule has 3 N–H and O–H groups in total. The number of phosphoric ester groups is 1. The van der Waals surface area contributed by atoms with Crippen LogP contribution in [0.5, 0.6) is 0 Å². The molecule has 0 aliphatic heterocycles. The molecule has 40 heavy (non-hydrogen) atoms. The van der Waals surface area contributed by atoms with Crippen molar-refractivity contribution in [2.75, 3.05) is 26.4 Å². The Labute approximate surface area is 241 Å². The SMILES string of the molecule is CC/C=C\C/C=C\C/C=C\C/C=C\CCCCC(=O)OC(COC(=O)CCCCCC)COP(=O)(O)OCCN. The van der Waals surface area contributed by atoms with Gasteiger partial charge in [0.1, 0.15) is 6.61 Å². The highest BCUT2D eigenvalue weighted by Crippen LogP contribution is 2.43. The molecule has 0 aromatic carbocycles. The largest absolute Gasteiger partial charge is 0.472 e. The summed E-state index contributed by atoms with van der Waals surface area (Å²) in [6.07, 6.45) is 26.4. The lowest BCUT2D eigenvalue weighted by Crippen LogP contribution is -2.29. The summed E-state index contributed by atoms with van der Waals surface area (Å²) >= 11 is 0. The van der Waals surface area contributed by atoms with E-state index in [2.05, 4.69) is 62.5 Å². The van der Waals surface area contributed by atoms with Crippen LogP contribution in [0, 0.1) is 0 Å². The Hall–Kier alpha value is -2.03. The number of hydrogen-bond donors (Lipinski definition) is 2. The third-order valence-electron chi connectivity index (χ3n) is 5.48. The van der Waals surface area contributed by atoms with Crippen molar-refractivity contribution in [1.82, 2.24) is 0 Å². The summed E-state index contributed by atoms with van der Waals surface area (Å²) in [5.41, 5.74) is 5.28. The average molecular weight is 586 g/mol. The van der Waals surface area contributed by atoms with E-state index in [0.29, 0.717) is 12.8 Å². The van der Waals surface area contributed by atoms with E-state index >= 15 is 0 Å². The van der Waals surface area contributed by atoms with Gasteiger partial charge in [0.2, 0.25) is 0 Å². The molecule has 2 unspecified atom stereocenters. The first-order valence-corrected chi connectivity index (χ1v) is 16.1. The van der Waals surface area contributed by atoms with Gasteiger partial charge >= 0.3 is 19.8 Å². The quantitative estimate of drug-likeness (QED) is 0.0482. The molecule has 0 fully saturated rings. The first kappa shape index (κ1) is 38.0. The summed E-state index contributed by atoms with van der Waals surface area (Å²) in [7, 11) is -4.36. The van der Waals surface area contributed by atoms with Crippen LogP contribution in [0.1, 0.15) is 97.3 Å². The van der Waals surface area contributed by atoms with Crippen molar-refractivity contribution in [3.05, 3.63) is 48.6 Å². The van der Waals surface area contributed by atoms with Crippen LogP contribution >= 0.6 is 7.82 Å². The second kappa shape index (κ2) is 27.2. The summed E-state index contributed by atoms with van der Waals surface area (Å²) in [6, 6.07) is 0. The van der Waals surface area contributed by atoms with E-state index in [1.165, 1.54) is 0 Å². The molecule has 9 nitrogen and oxygen atoms in total. The van der Waals surface area contributed by atoms with Crippen LogP contribution in [0.25, 0.3) is 0 Å². The minimum atomic E-state index is -4.36. The van der Waals surface area contributed by atoms with E-state index < -0.39 is 32.5 Å². The maximum atomic E-state index is 12.3. The normalized spacial score (nSPS) is 14.4. The van der Waals surface area contributed by atoms with Crippen LogP contribution in [0.15, 0.2) is 48.6 Å². The van der Waals surface area contributed by atoms with Crippen molar-refractivity contribution in [3.63, 3.8) is 0 Å². The Bertz CT molecular complexity index is 810. The van der Waals surface area contributed by atoms with Gasteiger partial charge in [-0.05, 0) is 51.4 Å². The van der Waals surface area contributed by atoms with Gasteiger partial charge in [-0.15, -0.1) is 0 Å². The van der Waals surface area contributed by atoms with Crippen LogP contribution in [0.3, 0.4) is 0 Å². The van der Waals surface area contributed by atoms with E-state index in [-0.39, 0.29) is 32.6 Å². The highest BCUT2D eigenvalue weighted by molar-refractivity contribution is 7.47. The lowest BCUT2D eigenvalue weighted by Gasteiger charge is -2.19. The molecule has 0 radical (unpaired) electrons. The van der Waals surface area contributed by atoms with Crippen molar-refractivity contribution in [2.45, 2.75) is 103 Å². The van der Waals surface area contributed by atoms with Gasteiger partial charge in [-0.25, -0.2) is 4.57 Å². The Morgan fingerprint density at radius 2 is 1.38 bits per heavy atom. The van der Waals surface area contributed by atoms with Crippen molar-refractivity contribution in [1.29, 1.82) is 0 Å². The van der Waals surface area contributed by atoms with Crippen molar-refractivity contribution in [3.8, 4) is 0 Å². The fraction of sp³-hybridized carbons (Fsp3) is 0.667. The summed E-state index contributed by atoms with van der Waals surface area (Å²) in [5.74, 6) is -0.907. The smallest absolute Gasteiger partial charge is 0.462 e. The molecule has 0 spiro atoms. The van der Waals surface area contributed by atoms with E-state index in [0.717, 1.165) is 57.8 Å². The number of unbranched alkanes of at least 4 members (excludes halogenated alkanes) is 5. The van der Waals surface area contributed by atoms with Crippen LogP contribution < -0.4 is 5.73 Å². The molecule has 0 aliphatic rings. The number of hydrogen-bond acceptors (Lipinski definition) is 8. The molecule has 230 valence electrons. The van der Waals surface area contributed by atoms with Crippen molar-refractivity contribution in [2.24, 2.45) is 5.73 Å². The van der Waals surface area contributed by atoms with Gasteiger partial charge in [0.25, 0.3) is 0 Å². The number of esters is 2. The zero-order valence-corrected chi connectivity index (χ0v) is 25.4. The summed E-state index contributed by atoms with van der Waals surface area (Å²) in [4.78, 5) is 34.1. The predicted molar refractivity (Wildman–Crippen MR) is 160 cm³/mol. The monoisotopic (exact) mass is 585 g/mol. The average Bonchev–Trinajstić information content (AvgIpc) is 2.93. The number of allylic oxidation sites excluding steroid dienone is 8. The molecule has 0 heterocycles. The minimum absolute atomic E-state index is 0.0445. The molecular formula is C30H52NO8P.